The van der Waals surface area contributed by atoms with Crippen LogP contribution in [0.5, 0.6) is 0 Å². The van der Waals surface area contributed by atoms with Crippen LogP contribution in [0.25, 0.3) is 0 Å². The molecule has 0 aliphatic heterocycles. The molecule has 0 heterocycles. The Labute approximate surface area is 245 Å². The molecule has 0 aliphatic carbocycles. The predicted molar refractivity (Wildman–Crippen MR) is 63.7 cm³/mol. The summed E-state index contributed by atoms with van der Waals surface area (Å²) in [5.41, 5.74) is 0. The molecule has 0 unspecified atom stereocenters. The molecule has 0 spiro atoms. The number of nitrogens with zero attached hydrogens (tertiary/aromatic N) is 2. The second kappa shape index (κ2) is 24.0. The minimum absolute atomic E-state index is 0. The van der Waals surface area contributed by atoms with E-state index in [0.717, 1.165) is 9.80 Å². The maximum Gasteiger partial charge on any atom is 1.00 e. The number of hydrogen-bond acceptors (Lipinski definition) is 11. The molecule has 0 saturated heterocycles. The fourth-order valence-corrected chi connectivity index (χ4v) is 1.65. The normalized spacial score (nSPS) is 9.26. The summed E-state index contributed by atoms with van der Waals surface area (Å²) in [6.07, 6.45) is 0. The smallest absolute Gasteiger partial charge is 0.549 e. The van der Waals surface area contributed by atoms with E-state index in [-0.39, 0.29) is 145 Å². The van der Waals surface area contributed by atoms with E-state index < -0.39 is 50.1 Å². The van der Waals surface area contributed by atoms with Gasteiger partial charge in [0, 0.05) is 39.3 Å². The van der Waals surface area contributed by atoms with E-state index in [2.05, 4.69) is 0 Å². The van der Waals surface area contributed by atoms with Crippen molar-refractivity contribution in [3.8, 4) is 0 Å². The Bertz CT molecular complexity index is 373. The summed E-state index contributed by atoms with van der Waals surface area (Å²) in [6.45, 7) is -2.63. The third kappa shape index (κ3) is 27.8. The Morgan fingerprint density at radius 3 is 0.963 bits per heavy atom. The van der Waals surface area contributed by atoms with Gasteiger partial charge in [0.25, 0.3) is 0 Å². The molecule has 15 heteroatoms. The first kappa shape index (κ1) is 39.3. The molecule has 0 fully saturated rings. The molecule has 0 aromatic rings. The molecule has 0 N–H and O–H groups in total. The first-order valence-corrected chi connectivity index (χ1v) is 6.52. The van der Waals surface area contributed by atoms with Gasteiger partial charge in [0.1, 0.15) is 0 Å². The molecule has 27 heavy (non-hydrogen) atoms. The van der Waals surface area contributed by atoms with Crippen molar-refractivity contribution in [2.75, 3.05) is 52.5 Å². The van der Waals surface area contributed by atoms with E-state index in [1.807, 2.05) is 0 Å². The third-order valence-corrected chi connectivity index (χ3v) is 2.51. The van der Waals surface area contributed by atoms with Gasteiger partial charge in [-0.3, -0.25) is 9.80 Å². The van der Waals surface area contributed by atoms with Crippen molar-refractivity contribution in [1.29, 1.82) is 0 Å². The third-order valence-electron chi connectivity index (χ3n) is 2.51. The van der Waals surface area contributed by atoms with Crippen LogP contribution < -0.4 is 139 Å². The van der Waals surface area contributed by atoms with Crippen molar-refractivity contribution in [2.24, 2.45) is 0 Å². The number of rotatable bonds is 14. The summed E-state index contributed by atoms with van der Waals surface area (Å²) in [5, 5.41) is 41.8. The summed E-state index contributed by atoms with van der Waals surface area (Å²) in [6, 6.07) is 0. The average molecular weight is 424 g/mol. The molecular formula is C12H16N2Na4O9. The van der Waals surface area contributed by atoms with Gasteiger partial charge in [0.05, 0.1) is 37.1 Å². The molecule has 0 amide bonds. The number of carbonyl (C=O) groups is 4. The van der Waals surface area contributed by atoms with Crippen molar-refractivity contribution in [3.05, 3.63) is 0 Å². The van der Waals surface area contributed by atoms with E-state index >= 15 is 0 Å². The van der Waals surface area contributed by atoms with Crippen LogP contribution >= 0.6 is 0 Å². The molecule has 0 aromatic heterocycles. The largest absolute Gasteiger partial charge is 1.00 e. The summed E-state index contributed by atoms with van der Waals surface area (Å²) < 4.78 is 5.08. The summed E-state index contributed by atoms with van der Waals surface area (Å²) in [7, 11) is 0. The second-order valence-corrected chi connectivity index (χ2v) is 4.52. The summed E-state index contributed by atoms with van der Waals surface area (Å²) >= 11 is 0. The van der Waals surface area contributed by atoms with Crippen LogP contribution in [-0.4, -0.2) is 86.2 Å². The Hall–Kier alpha value is 1.76. The van der Waals surface area contributed by atoms with E-state index in [4.69, 9.17) is 4.74 Å². The number of carbonyl (C=O) groups excluding carboxylic acids is 4. The van der Waals surface area contributed by atoms with E-state index in [9.17, 15) is 39.6 Å². The fraction of sp³-hybridized carbons (Fsp3) is 0.667. The van der Waals surface area contributed by atoms with E-state index in [1.165, 1.54) is 0 Å². The number of aliphatic carboxylic acids is 4. The van der Waals surface area contributed by atoms with Crippen LogP contribution in [0, 0.1) is 0 Å². The number of carboxylic acid groups (broad SMARTS) is 4. The standard InChI is InChI=1S/C12H20N2O9.4Na/c15-9(16)5-13(6-10(17)18)1-3-23-4-2-14(7-11(19)20)8-12(21)22;;;;/h1-8H2,(H,15,16)(H,17,18)(H,19,20)(H,21,22);;;;/q;4*+1/p-4. The quantitative estimate of drug-likeness (QED) is 0.191. The van der Waals surface area contributed by atoms with E-state index in [1.54, 1.807) is 0 Å². The topological polar surface area (TPSA) is 176 Å². The van der Waals surface area contributed by atoms with Crippen molar-refractivity contribution < 1.29 is 163 Å². The van der Waals surface area contributed by atoms with Crippen molar-refractivity contribution in [3.63, 3.8) is 0 Å². The molecule has 0 saturated carbocycles. The first-order chi connectivity index (χ1) is 10.7. The molecule has 0 aromatic carbocycles. The Morgan fingerprint density at radius 2 is 0.778 bits per heavy atom. The molecule has 0 atom stereocenters. The predicted octanol–water partition coefficient (Wildman–Crippen LogP) is -19.4. The SMILES string of the molecule is O=C([O-])CN(CCOCCN(CC(=O)[O-])CC(=O)[O-])CC(=O)[O-].[Na+].[Na+].[Na+].[Na+]. The maximum absolute atomic E-state index is 10.4. The maximum atomic E-state index is 10.4. The van der Waals surface area contributed by atoms with Crippen LogP contribution in [0.3, 0.4) is 0 Å². The van der Waals surface area contributed by atoms with Crippen LogP contribution in [0.2, 0.25) is 0 Å². The molecule has 0 radical (unpaired) electrons. The van der Waals surface area contributed by atoms with Crippen LogP contribution in [-0.2, 0) is 23.9 Å². The van der Waals surface area contributed by atoms with Crippen molar-refractivity contribution in [1.82, 2.24) is 9.80 Å². The van der Waals surface area contributed by atoms with Gasteiger partial charge < -0.3 is 44.3 Å². The number of hydrogen-bond donors (Lipinski definition) is 0. The molecule has 0 aliphatic rings. The number of carboxylic acids is 4. The van der Waals surface area contributed by atoms with Crippen molar-refractivity contribution in [2.45, 2.75) is 0 Å². The molecule has 0 bridgehead atoms. The van der Waals surface area contributed by atoms with Crippen molar-refractivity contribution >= 4 is 23.9 Å². The van der Waals surface area contributed by atoms with Gasteiger partial charge in [-0.2, -0.15) is 0 Å². The fourth-order valence-electron chi connectivity index (χ4n) is 1.65. The van der Waals surface area contributed by atoms with Gasteiger partial charge in [0.2, 0.25) is 0 Å². The van der Waals surface area contributed by atoms with Crippen LogP contribution in [0.1, 0.15) is 0 Å². The number of ether oxygens (including phenoxy) is 1. The van der Waals surface area contributed by atoms with Crippen LogP contribution in [0.4, 0.5) is 0 Å². The zero-order valence-electron chi connectivity index (χ0n) is 16.2. The second-order valence-electron chi connectivity index (χ2n) is 4.52. The minimum atomic E-state index is -1.46. The Balaban J connectivity index is -0.000000403. The Kier molecular flexibility index (Phi) is 34.9. The van der Waals surface area contributed by atoms with Gasteiger partial charge in [-0.15, -0.1) is 0 Å². The zero-order chi connectivity index (χ0) is 17.8. The van der Waals surface area contributed by atoms with Crippen LogP contribution in [0.15, 0.2) is 0 Å². The monoisotopic (exact) mass is 424 g/mol. The molecule has 11 nitrogen and oxygen atoms in total. The van der Waals surface area contributed by atoms with Gasteiger partial charge in [0.15, 0.2) is 0 Å². The van der Waals surface area contributed by atoms with Gasteiger partial charge in [-0.05, 0) is 0 Å². The average Bonchev–Trinajstić information content (AvgIpc) is 2.34. The summed E-state index contributed by atoms with van der Waals surface area (Å²) in [5.74, 6) is -5.83. The zero-order valence-corrected chi connectivity index (χ0v) is 24.2. The molecule has 0 rings (SSSR count). The molecule has 132 valence electrons. The Morgan fingerprint density at radius 1 is 0.556 bits per heavy atom. The molecular weight excluding hydrogens is 408 g/mol. The first-order valence-electron chi connectivity index (χ1n) is 6.52. The van der Waals surface area contributed by atoms with Gasteiger partial charge in [-0.1, -0.05) is 0 Å². The minimum Gasteiger partial charge on any atom is -0.549 e. The van der Waals surface area contributed by atoms with Gasteiger partial charge in [-0.25, -0.2) is 0 Å². The van der Waals surface area contributed by atoms with Gasteiger partial charge >= 0.3 is 118 Å². The van der Waals surface area contributed by atoms with E-state index in [0.29, 0.717) is 0 Å². The summed E-state index contributed by atoms with van der Waals surface area (Å²) in [4.78, 5) is 43.8.